The van der Waals surface area contributed by atoms with Crippen molar-refractivity contribution >= 4 is 22.6 Å². The Bertz CT molecular complexity index is 758. The van der Waals surface area contributed by atoms with Gasteiger partial charge in [-0.2, -0.15) is 0 Å². The summed E-state index contributed by atoms with van der Waals surface area (Å²) in [7, 11) is 0. The van der Waals surface area contributed by atoms with Crippen molar-refractivity contribution < 1.29 is 13.9 Å². The minimum Gasteiger partial charge on any atom is -0.617 e. The number of hydrogen-bond donors (Lipinski definition) is 0. The third-order valence-electron chi connectivity index (χ3n) is 5.47. The Hall–Kier alpha value is -1.62. The van der Waals surface area contributed by atoms with Crippen LogP contribution >= 0.6 is 11.6 Å². The van der Waals surface area contributed by atoms with E-state index in [4.69, 9.17) is 16.3 Å². The van der Waals surface area contributed by atoms with Gasteiger partial charge in [0, 0.05) is 6.07 Å². The Labute approximate surface area is 185 Å². The maximum atomic E-state index is 13.3. The third kappa shape index (κ3) is 8.63. The van der Waals surface area contributed by atoms with Crippen LogP contribution in [0, 0.1) is 11.0 Å². The number of halogens is 2. The van der Waals surface area contributed by atoms with E-state index in [-0.39, 0.29) is 16.5 Å². The Morgan fingerprint density at radius 3 is 2.00 bits per heavy atom. The van der Waals surface area contributed by atoms with E-state index >= 15 is 0 Å². The number of ether oxygens (including phenoxy) is 1. The Balaban J connectivity index is 1.51. The molecule has 0 saturated carbocycles. The van der Waals surface area contributed by atoms with E-state index in [0.29, 0.717) is 16.9 Å². The molecule has 0 unspecified atom stereocenters. The molecule has 0 fully saturated rings. The van der Waals surface area contributed by atoms with E-state index < -0.39 is 5.82 Å². The predicted molar refractivity (Wildman–Crippen MR) is 121 cm³/mol. The maximum Gasteiger partial charge on any atom is 0.350 e. The van der Waals surface area contributed by atoms with E-state index in [2.05, 4.69) is 11.9 Å². The summed E-state index contributed by atoms with van der Waals surface area (Å²) in [5, 5.41) is 12.0. The van der Waals surface area contributed by atoms with Gasteiger partial charge < -0.3 is 9.94 Å². The molecule has 0 aliphatic rings. The molecule has 2 aromatic rings. The molecule has 1 heterocycles. The van der Waals surface area contributed by atoms with Crippen molar-refractivity contribution in [1.82, 2.24) is 4.98 Å². The smallest absolute Gasteiger partial charge is 0.350 e. The number of rotatable bonds is 16. The number of benzene rings is 1. The highest BCUT2D eigenvalue weighted by Gasteiger charge is 2.19. The maximum absolute atomic E-state index is 13.3. The van der Waals surface area contributed by atoms with Crippen molar-refractivity contribution in [2.24, 2.45) is 0 Å². The molecule has 0 spiro atoms. The normalized spacial score (nSPS) is 11.3. The average Bonchev–Trinajstić information content (AvgIpc) is 2.74. The van der Waals surface area contributed by atoms with Crippen LogP contribution in [0.25, 0.3) is 11.0 Å². The fraction of sp³-hybridized carbons (Fsp3) is 0.667. The van der Waals surface area contributed by atoms with Gasteiger partial charge in [-0.3, -0.25) is 0 Å². The summed E-state index contributed by atoms with van der Waals surface area (Å²) >= 11 is 6.03. The van der Waals surface area contributed by atoms with Gasteiger partial charge in [-0.1, -0.05) is 90.4 Å². The summed E-state index contributed by atoms with van der Waals surface area (Å²) in [6, 6.07) is 3.84. The molecule has 0 saturated heterocycles. The molecule has 2 rings (SSSR count). The molecule has 0 aliphatic carbocycles. The lowest BCUT2D eigenvalue weighted by Crippen LogP contribution is -2.30. The number of aromatic nitrogens is 2. The van der Waals surface area contributed by atoms with Gasteiger partial charge in [0.1, 0.15) is 11.3 Å². The van der Waals surface area contributed by atoms with E-state index in [1.54, 1.807) is 0 Å². The number of unbranched alkanes of at least 4 members (excludes halogenated alkanes) is 13. The molecule has 0 amide bonds. The van der Waals surface area contributed by atoms with Crippen LogP contribution in [0.2, 0.25) is 5.15 Å². The fourth-order valence-electron chi connectivity index (χ4n) is 3.66. The quantitative estimate of drug-likeness (QED) is 0.155. The van der Waals surface area contributed by atoms with Crippen LogP contribution in [-0.4, -0.2) is 11.6 Å². The van der Waals surface area contributed by atoms with Gasteiger partial charge in [-0.15, -0.1) is 4.73 Å². The highest BCUT2D eigenvalue weighted by atomic mass is 35.5. The first kappa shape index (κ1) is 24.6. The van der Waals surface area contributed by atoms with Crippen LogP contribution in [0.3, 0.4) is 0 Å². The molecule has 0 N–H and O–H groups in total. The van der Waals surface area contributed by atoms with E-state index in [0.717, 1.165) is 18.9 Å². The molecule has 30 heavy (non-hydrogen) atoms. The van der Waals surface area contributed by atoms with Gasteiger partial charge in [-0.05, 0) is 30.2 Å². The zero-order valence-corrected chi connectivity index (χ0v) is 19.1. The first-order valence-corrected chi connectivity index (χ1v) is 12.0. The Kier molecular flexibility index (Phi) is 11.8. The number of hydrogen-bond acceptors (Lipinski definition) is 3. The second-order valence-corrected chi connectivity index (χ2v) is 8.44. The summed E-state index contributed by atoms with van der Waals surface area (Å²) in [5.41, 5.74) is 0.468. The highest BCUT2D eigenvalue weighted by Crippen LogP contribution is 2.22. The molecule has 0 bridgehead atoms. The average molecular weight is 439 g/mol. The summed E-state index contributed by atoms with van der Waals surface area (Å²) < 4.78 is 19.4. The molecule has 4 nitrogen and oxygen atoms in total. The van der Waals surface area contributed by atoms with Gasteiger partial charge in [0.2, 0.25) is 5.52 Å². The first-order chi connectivity index (χ1) is 14.6. The van der Waals surface area contributed by atoms with Crippen molar-refractivity contribution in [2.45, 2.75) is 96.8 Å². The van der Waals surface area contributed by atoms with Crippen molar-refractivity contribution in [1.29, 1.82) is 0 Å². The Morgan fingerprint density at radius 2 is 1.43 bits per heavy atom. The monoisotopic (exact) mass is 438 g/mol. The van der Waals surface area contributed by atoms with E-state index in [1.165, 1.54) is 89.2 Å². The van der Waals surface area contributed by atoms with Crippen molar-refractivity contribution in [3.63, 3.8) is 0 Å². The summed E-state index contributed by atoms with van der Waals surface area (Å²) in [6.07, 6.45) is 18.1. The molecular weight excluding hydrogens is 403 g/mol. The lowest BCUT2D eigenvalue weighted by Gasteiger charge is -2.09. The van der Waals surface area contributed by atoms with E-state index in [9.17, 15) is 9.60 Å². The highest BCUT2D eigenvalue weighted by molar-refractivity contribution is 6.29. The zero-order chi connectivity index (χ0) is 21.6. The summed E-state index contributed by atoms with van der Waals surface area (Å²) in [6.45, 7) is 2.73. The van der Waals surface area contributed by atoms with Crippen LogP contribution in [0.4, 0.5) is 4.39 Å². The van der Waals surface area contributed by atoms with Crippen LogP contribution in [0.5, 0.6) is 5.88 Å². The summed E-state index contributed by atoms with van der Waals surface area (Å²) in [4.78, 5) is 4.24. The molecule has 168 valence electrons. The van der Waals surface area contributed by atoms with Gasteiger partial charge in [0.25, 0.3) is 0 Å². The third-order valence-corrected chi connectivity index (χ3v) is 5.78. The topological polar surface area (TPSA) is 49.1 Å². The predicted octanol–water partition coefficient (Wildman–Crippen LogP) is 7.52. The zero-order valence-electron chi connectivity index (χ0n) is 18.3. The molecular formula is C24H36ClFN2O2. The van der Waals surface area contributed by atoms with Gasteiger partial charge in [0.15, 0.2) is 0 Å². The van der Waals surface area contributed by atoms with Gasteiger partial charge in [-0.25, -0.2) is 9.37 Å². The van der Waals surface area contributed by atoms with Crippen LogP contribution in [0.15, 0.2) is 18.2 Å². The van der Waals surface area contributed by atoms with Crippen LogP contribution < -0.4 is 9.47 Å². The molecule has 1 aromatic heterocycles. The second kappa shape index (κ2) is 14.4. The molecule has 6 heteroatoms. The minimum absolute atomic E-state index is 0.101. The van der Waals surface area contributed by atoms with Crippen molar-refractivity contribution in [3.05, 3.63) is 34.4 Å². The molecule has 0 radical (unpaired) electrons. The van der Waals surface area contributed by atoms with Crippen molar-refractivity contribution in [3.8, 4) is 5.88 Å². The largest absolute Gasteiger partial charge is 0.617 e. The lowest BCUT2D eigenvalue weighted by molar-refractivity contribution is -0.575. The standard InChI is InChI=1S/C24H36ClFN2O2/c1-2-3-4-5-6-7-8-9-10-11-12-13-14-15-18-30-24-23(25)28(29)22-19-20(26)16-17-21(22)27-24/h16-17,19H,2-15,18H2,1H3. The van der Waals surface area contributed by atoms with Crippen LogP contribution in [0.1, 0.15) is 96.8 Å². The van der Waals surface area contributed by atoms with Crippen LogP contribution in [-0.2, 0) is 0 Å². The second-order valence-electron chi connectivity index (χ2n) is 8.08. The lowest BCUT2D eigenvalue weighted by atomic mass is 10.0. The van der Waals surface area contributed by atoms with Gasteiger partial charge >= 0.3 is 11.0 Å². The van der Waals surface area contributed by atoms with Gasteiger partial charge in [0.05, 0.1) is 6.61 Å². The number of nitrogens with zero attached hydrogens (tertiary/aromatic N) is 2. The van der Waals surface area contributed by atoms with E-state index in [1.807, 2.05) is 0 Å². The SMILES string of the molecule is CCCCCCCCCCCCCCCCOc1nc2ccc(F)cc2[n+]([O-])c1Cl. The summed E-state index contributed by atoms with van der Waals surface area (Å²) in [5.74, 6) is -0.387. The van der Waals surface area contributed by atoms with Crippen molar-refractivity contribution in [2.75, 3.05) is 6.61 Å². The number of fused-ring (bicyclic) bond motifs is 1. The minimum atomic E-state index is -0.499. The molecule has 0 aliphatic heterocycles. The Morgan fingerprint density at radius 1 is 0.900 bits per heavy atom. The first-order valence-electron chi connectivity index (χ1n) is 11.6. The molecule has 0 atom stereocenters. The fourth-order valence-corrected chi connectivity index (χ4v) is 3.85. The molecule has 1 aromatic carbocycles.